The first-order valence-corrected chi connectivity index (χ1v) is 9.11. The standard InChI is InChI=1S/C21H29NO2/c1-3-5-6-16-24-21-14-11-19(22-17-21)10-7-18-8-12-20(13-9-18)23-15-4-2/h8-9,11-14,17H,3-7,10,15-16H2,1-2H3. The van der Waals surface area contributed by atoms with Gasteiger partial charge in [0.1, 0.15) is 11.5 Å². The van der Waals surface area contributed by atoms with Crippen molar-refractivity contribution in [1.29, 1.82) is 0 Å². The second kappa shape index (κ2) is 10.7. The maximum Gasteiger partial charge on any atom is 0.137 e. The SMILES string of the molecule is CCCCCOc1ccc(CCc2ccc(OCCC)cc2)nc1. The third-order valence-corrected chi connectivity index (χ3v) is 3.88. The normalized spacial score (nSPS) is 10.6. The largest absolute Gasteiger partial charge is 0.494 e. The van der Waals surface area contributed by atoms with Crippen molar-refractivity contribution in [3.8, 4) is 11.5 Å². The molecular formula is C21H29NO2. The molecule has 3 heteroatoms. The fraction of sp³-hybridized carbons (Fsp3) is 0.476. The molecule has 24 heavy (non-hydrogen) atoms. The van der Waals surface area contributed by atoms with Crippen molar-refractivity contribution < 1.29 is 9.47 Å². The van der Waals surface area contributed by atoms with E-state index in [0.29, 0.717) is 0 Å². The highest BCUT2D eigenvalue weighted by molar-refractivity contribution is 5.28. The molecule has 2 aromatic rings. The van der Waals surface area contributed by atoms with Gasteiger partial charge in [-0.3, -0.25) is 4.98 Å². The first-order chi connectivity index (χ1) is 11.8. The molecule has 0 saturated carbocycles. The van der Waals surface area contributed by atoms with Crippen LogP contribution in [-0.4, -0.2) is 18.2 Å². The molecule has 1 aromatic carbocycles. The predicted molar refractivity (Wildman–Crippen MR) is 98.9 cm³/mol. The third kappa shape index (κ3) is 6.61. The van der Waals surface area contributed by atoms with Crippen molar-refractivity contribution in [2.45, 2.75) is 52.4 Å². The number of unbranched alkanes of at least 4 members (excludes halogenated alkanes) is 2. The van der Waals surface area contributed by atoms with Crippen molar-refractivity contribution >= 4 is 0 Å². The number of pyridine rings is 1. The Hall–Kier alpha value is -2.03. The fourth-order valence-corrected chi connectivity index (χ4v) is 2.43. The zero-order valence-electron chi connectivity index (χ0n) is 15.0. The summed E-state index contributed by atoms with van der Waals surface area (Å²) in [4.78, 5) is 4.50. The molecule has 0 aliphatic rings. The molecule has 3 nitrogen and oxygen atoms in total. The topological polar surface area (TPSA) is 31.4 Å². The van der Waals surface area contributed by atoms with Crippen LogP contribution in [0.15, 0.2) is 42.6 Å². The third-order valence-electron chi connectivity index (χ3n) is 3.88. The van der Waals surface area contributed by atoms with Gasteiger partial charge in [0.15, 0.2) is 0 Å². The Morgan fingerprint density at radius 3 is 2.17 bits per heavy atom. The highest BCUT2D eigenvalue weighted by Gasteiger charge is 2.00. The van der Waals surface area contributed by atoms with Crippen LogP contribution in [0.1, 0.15) is 50.8 Å². The van der Waals surface area contributed by atoms with Gasteiger partial charge in [-0.2, -0.15) is 0 Å². The zero-order chi connectivity index (χ0) is 17.0. The molecule has 0 amide bonds. The lowest BCUT2D eigenvalue weighted by atomic mass is 10.1. The molecule has 1 aromatic heterocycles. The molecule has 0 radical (unpaired) electrons. The molecule has 0 unspecified atom stereocenters. The van der Waals surface area contributed by atoms with Gasteiger partial charge in [0, 0.05) is 5.69 Å². The summed E-state index contributed by atoms with van der Waals surface area (Å²) in [6.45, 7) is 5.86. The van der Waals surface area contributed by atoms with Gasteiger partial charge in [-0.1, -0.05) is 38.8 Å². The Labute approximate surface area is 146 Å². The minimum absolute atomic E-state index is 0.774. The highest BCUT2D eigenvalue weighted by atomic mass is 16.5. The van der Waals surface area contributed by atoms with Crippen LogP contribution in [0.3, 0.4) is 0 Å². The average Bonchev–Trinajstić information content (AvgIpc) is 2.64. The lowest BCUT2D eigenvalue weighted by molar-refractivity contribution is 0.305. The van der Waals surface area contributed by atoms with Crippen molar-refractivity contribution in [2.24, 2.45) is 0 Å². The maximum absolute atomic E-state index is 5.69. The van der Waals surface area contributed by atoms with Crippen molar-refractivity contribution in [3.63, 3.8) is 0 Å². The van der Waals surface area contributed by atoms with E-state index in [1.165, 1.54) is 18.4 Å². The molecule has 0 bridgehead atoms. The van der Waals surface area contributed by atoms with Gasteiger partial charge in [-0.15, -0.1) is 0 Å². The summed E-state index contributed by atoms with van der Waals surface area (Å²) in [5.74, 6) is 1.82. The van der Waals surface area contributed by atoms with Gasteiger partial charge in [0.2, 0.25) is 0 Å². The summed E-state index contributed by atoms with van der Waals surface area (Å²) >= 11 is 0. The van der Waals surface area contributed by atoms with Crippen molar-refractivity contribution in [1.82, 2.24) is 4.98 Å². The molecule has 130 valence electrons. The van der Waals surface area contributed by atoms with E-state index in [4.69, 9.17) is 9.47 Å². The summed E-state index contributed by atoms with van der Waals surface area (Å²) in [5, 5.41) is 0. The molecule has 0 N–H and O–H groups in total. The molecule has 1 heterocycles. The van der Waals surface area contributed by atoms with Gasteiger partial charge in [-0.25, -0.2) is 0 Å². The van der Waals surface area contributed by atoms with E-state index < -0.39 is 0 Å². The number of benzene rings is 1. The van der Waals surface area contributed by atoms with E-state index in [1.807, 2.05) is 24.4 Å². The van der Waals surface area contributed by atoms with Gasteiger partial charge in [0.05, 0.1) is 19.4 Å². The molecule has 0 saturated heterocycles. The van der Waals surface area contributed by atoms with Gasteiger partial charge in [0.25, 0.3) is 0 Å². The number of nitrogens with zero attached hydrogens (tertiary/aromatic N) is 1. The Bertz CT molecular complexity index is 563. The van der Waals surface area contributed by atoms with Gasteiger partial charge >= 0.3 is 0 Å². The Morgan fingerprint density at radius 1 is 0.750 bits per heavy atom. The Kier molecular flexibility index (Phi) is 8.16. The average molecular weight is 327 g/mol. The number of hydrogen-bond donors (Lipinski definition) is 0. The molecule has 2 rings (SSSR count). The van der Waals surface area contributed by atoms with Crippen LogP contribution < -0.4 is 9.47 Å². The number of aryl methyl sites for hydroxylation is 2. The van der Waals surface area contributed by atoms with E-state index >= 15 is 0 Å². The summed E-state index contributed by atoms with van der Waals surface area (Å²) in [5.41, 5.74) is 2.41. The second-order valence-corrected chi connectivity index (χ2v) is 6.03. The van der Waals surface area contributed by atoms with E-state index in [0.717, 1.165) is 56.1 Å². The van der Waals surface area contributed by atoms with Crippen molar-refractivity contribution in [2.75, 3.05) is 13.2 Å². The monoisotopic (exact) mass is 327 g/mol. The summed E-state index contributed by atoms with van der Waals surface area (Å²) in [6, 6.07) is 12.5. The van der Waals surface area contributed by atoms with Crippen LogP contribution in [0, 0.1) is 0 Å². The van der Waals surface area contributed by atoms with E-state index in [2.05, 4.69) is 37.0 Å². The Morgan fingerprint density at radius 2 is 1.50 bits per heavy atom. The number of ether oxygens (including phenoxy) is 2. The van der Waals surface area contributed by atoms with E-state index in [-0.39, 0.29) is 0 Å². The summed E-state index contributed by atoms with van der Waals surface area (Å²) in [6.07, 6.45) is 8.33. The predicted octanol–water partition coefficient (Wildman–Crippen LogP) is 5.22. The van der Waals surface area contributed by atoms with Crippen LogP contribution in [0.5, 0.6) is 11.5 Å². The van der Waals surface area contributed by atoms with Crippen LogP contribution in [0.25, 0.3) is 0 Å². The van der Waals surface area contributed by atoms with Crippen LogP contribution >= 0.6 is 0 Å². The molecule has 0 aliphatic heterocycles. The summed E-state index contributed by atoms with van der Waals surface area (Å²) in [7, 11) is 0. The quantitative estimate of drug-likeness (QED) is 0.530. The Balaban J connectivity index is 1.75. The first-order valence-electron chi connectivity index (χ1n) is 9.11. The molecule has 0 fully saturated rings. The van der Waals surface area contributed by atoms with Crippen LogP contribution in [-0.2, 0) is 12.8 Å². The van der Waals surface area contributed by atoms with E-state index in [9.17, 15) is 0 Å². The lowest BCUT2D eigenvalue weighted by Crippen LogP contribution is -1.99. The second-order valence-electron chi connectivity index (χ2n) is 6.03. The molecule has 0 spiro atoms. The fourth-order valence-electron chi connectivity index (χ4n) is 2.43. The number of hydrogen-bond acceptors (Lipinski definition) is 3. The zero-order valence-corrected chi connectivity index (χ0v) is 15.0. The first kappa shape index (κ1) is 18.3. The molecule has 0 atom stereocenters. The van der Waals surface area contributed by atoms with Gasteiger partial charge in [-0.05, 0) is 55.5 Å². The van der Waals surface area contributed by atoms with Crippen LogP contribution in [0.2, 0.25) is 0 Å². The molecular weight excluding hydrogens is 298 g/mol. The van der Waals surface area contributed by atoms with Crippen LogP contribution in [0.4, 0.5) is 0 Å². The minimum atomic E-state index is 0.774. The molecule has 0 aliphatic carbocycles. The van der Waals surface area contributed by atoms with E-state index in [1.54, 1.807) is 0 Å². The minimum Gasteiger partial charge on any atom is -0.494 e. The smallest absolute Gasteiger partial charge is 0.137 e. The maximum atomic E-state index is 5.69. The number of aromatic nitrogens is 1. The van der Waals surface area contributed by atoms with Gasteiger partial charge < -0.3 is 9.47 Å². The highest BCUT2D eigenvalue weighted by Crippen LogP contribution is 2.15. The number of rotatable bonds is 11. The lowest BCUT2D eigenvalue weighted by Gasteiger charge is -2.07. The van der Waals surface area contributed by atoms with Crippen molar-refractivity contribution in [3.05, 3.63) is 53.9 Å². The summed E-state index contributed by atoms with van der Waals surface area (Å²) < 4.78 is 11.3.